The highest BCUT2D eigenvalue weighted by Crippen LogP contribution is 2.21. The number of nitrogens with one attached hydrogen (secondary N) is 1. The summed E-state index contributed by atoms with van der Waals surface area (Å²) in [5.74, 6) is 0.268. The molecular formula is C11H21N3OS. The monoisotopic (exact) mass is 243 g/mol. The summed E-state index contributed by atoms with van der Waals surface area (Å²) in [6, 6.07) is 0.533. The number of thioether (sulfide) groups is 1. The number of nitrogens with zero attached hydrogens (tertiary/aromatic N) is 2. The zero-order chi connectivity index (χ0) is 11.5. The van der Waals surface area contributed by atoms with Crippen LogP contribution in [-0.4, -0.2) is 73.0 Å². The lowest BCUT2D eigenvalue weighted by atomic mass is 10.2. The Morgan fingerprint density at radius 1 is 1.38 bits per heavy atom. The Morgan fingerprint density at radius 2 is 2.19 bits per heavy atom. The summed E-state index contributed by atoms with van der Waals surface area (Å²) in [5.41, 5.74) is 0. The Kier molecular flexibility index (Phi) is 4.10. The lowest BCUT2D eigenvalue weighted by molar-refractivity contribution is -0.130. The van der Waals surface area contributed by atoms with E-state index in [2.05, 4.69) is 16.5 Å². The van der Waals surface area contributed by atoms with Gasteiger partial charge in [-0.3, -0.25) is 9.69 Å². The first-order valence-electron chi connectivity index (χ1n) is 5.94. The van der Waals surface area contributed by atoms with E-state index >= 15 is 0 Å². The molecule has 1 N–H and O–H groups in total. The summed E-state index contributed by atoms with van der Waals surface area (Å²) >= 11 is 1.91. The van der Waals surface area contributed by atoms with E-state index in [9.17, 15) is 4.79 Å². The molecule has 2 fully saturated rings. The van der Waals surface area contributed by atoms with Gasteiger partial charge in [0.2, 0.25) is 5.91 Å². The SMILES string of the molecule is CSC1CNCC1N1CCCN(C)C(=O)C1. The van der Waals surface area contributed by atoms with Crippen LogP contribution in [0.5, 0.6) is 0 Å². The second kappa shape index (κ2) is 5.38. The molecule has 92 valence electrons. The number of carbonyl (C=O) groups excluding carboxylic acids is 1. The Bertz CT molecular complexity index is 262. The summed E-state index contributed by atoms with van der Waals surface area (Å²) in [4.78, 5) is 16.1. The molecule has 2 unspecified atom stereocenters. The van der Waals surface area contributed by atoms with Gasteiger partial charge in [0, 0.05) is 44.5 Å². The van der Waals surface area contributed by atoms with Gasteiger partial charge in [0.25, 0.3) is 0 Å². The van der Waals surface area contributed by atoms with Gasteiger partial charge in [0.05, 0.1) is 6.54 Å². The first-order chi connectivity index (χ1) is 7.72. The molecule has 2 atom stereocenters. The molecule has 0 bridgehead atoms. The molecule has 2 heterocycles. The molecular weight excluding hydrogens is 222 g/mol. The van der Waals surface area contributed by atoms with E-state index in [-0.39, 0.29) is 5.91 Å². The predicted octanol–water partition coefficient (Wildman–Crippen LogP) is -0.146. The van der Waals surface area contributed by atoms with Crippen molar-refractivity contribution in [3.63, 3.8) is 0 Å². The number of hydrogen-bond donors (Lipinski definition) is 1. The lowest BCUT2D eigenvalue weighted by Crippen LogP contribution is -2.45. The molecule has 1 amide bonds. The fourth-order valence-corrected chi connectivity index (χ4v) is 3.40. The molecule has 2 aliphatic rings. The average molecular weight is 243 g/mol. The topological polar surface area (TPSA) is 35.6 Å². The van der Waals surface area contributed by atoms with Crippen molar-refractivity contribution in [3.05, 3.63) is 0 Å². The molecule has 2 aliphatic heterocycles. The van der Waals surface area contributed by atoms with Crippen LogP contribution in [0.25, 0.3) is 0 Å². The second-order valence-electron chi connectivity index (χ2n) is 4.64. The van der Waals surface area contributed by atoms with Gasteiger partial charge in [-0.15, -0.1) is 0 Å². The van der Waals surface area contributed by atoms with Crippen LogP contribution in [0.15, 0.2) is 0 Å². The van der Waals surface area contributed by atoms with Gasteiger partial charge in [0.1, 0.15) is 0 Å². The summed E-state index contributed by atoms with van der Waals surface area (Å²) in [6.45, 7) is 4.66. The van der Waals surface area contributed by atoms with Gasteiger partial charge in [-0.05, 0) is 12.7 Å². The largest absolute Gasteiger partial charge is 0.345 e. The van der Waals surface area contributed by atoms with Gasteiger partial charge in [-0.25, -0.2) is 0 Å². The molecule has 2 saturated heterocycles. The number of hydrogen-bond acceptors (Lipinski definition) is 4. The van der Waals surface area contributed by atoms with Crippen LogP contribution in [0.4, 0.5) is 0 Å². The van der Waals surface area contributed by atoms with Crippen LogP contribution in [0.3, 0.4) is 0 Å². The van der Waals surface area contributed by atoms with Gasteiger partial charge < -0.3 is 10.2 Å². The van der Waals surface area contributed by atoms with Crippen molar-refractivity contribution in [2.24, 2.45) is 0 Å². The fraction of sp³-hybridized carbons (Fsp3) is 0.909. The van der Waals surface area contributed by atoms with Gasteiger partial charge in [-0.1, -0.05) is 0 Å². The molecule has 4 nitrogen and oxygen atoms in total. The van der Waals surface area contributed by atoms with E-state index in [0.29, 0.717) is 17.8 Å². The third-order valence-corrected chi connectivity index (χ3v) is 4.69. The Morgan fingerprint density at radius 3 is 2.94 bits per heavy atom. The van der Waals surface area contributed by atoms with Crippen LogP contribution >= 0.6 is 11.8 Å². The molecule has 0 aliphatic carbocycles. The maximum Gasteiger partial charge on any atom is 0.236 e. The zero-order valence-electron chi connectivity index (χ0n) is 10.1. The number of rotatable bonds is 2. The molecule has 0 aromatic rings. The Hall–Kier alpha value is -0.260. The molecule has 0 aromatic heterocycles. The highest BCUT2D eigenvalue weighted by atomic mass is 32.2. The molecule has 0 saturated carbocycles. The van der Waals surface area contributed by atoms with Crippen LogP contribution < -0.4 is 5.32 Å². The predicted molar refractivity (Wildman–Crippen MR) is 67.8 cm³/mol. The normalized spacial score (nSPS) is 33.1. The van der Waals surface area contributed by atoms with Crippen LogP contribution in [0, 0.1) is 0 Å². The third-order valence-electron chi connectivity index (χ3n) is 3.60. The summed E-state index contributed by atoms with van der Waals surface area (Å²) in [7, 11) is 1.91. The van der Waals surface area contributed by atoms with E-state index in [1.807, 2.05) is 23.7 Å². The zero-order valence-corrected chi connectivity index (χ0v) is 10.9. The molecule has 0 spiro atoms. The minimum atomic E-state index is 0.268. The Balaban J connectivity index is 2.00. The van der Waals surface area contributed by atoms with Gasteiger partial charge in [-0.2, -0.15) is 11.8 Å². The van der Waals surface area contributed by atoms with E-state index in [0.717, 1.165) is 32.6 Å². The molecule has 0 radical (unpaired) electrons. The van der Waals surface area contributed by atoms with Crippen molar-refractivity contribution >= 4 is 17.7 Å². The molecule has 2 rings (SSSR count). The van der Waals surface area contributed by atoms with Crippen molar-refractivity contribution in [1.29, 1.82) is 0 Å². The smallest absolute Gasteiger partial charge is 0.236 e. The highest BCUT2D eigenvalue weighted by Gasteiger charge is 2.33. The Labute approximate surface area is 102 Å². The van der Waals surface area contributed by atoms with Crippen molar-refractivity contribution in [2.75, 3.05) is 46.0 Å². The fourth-order valence-electron chi connectivity index (χ4n) is 2.54. The highest BCUT2D eigenvalue weighted by molar-refractivity contribution is 7.99. The van der Waals surface area contributed by atoms with Gasteiger partial charge in [0.15, 0.2) is 0 Å². The quantitative estimate of drug-likeness (QED) is 0.732. The van der Waals surface area contributed by atoms with Crippen LogP contribution in [-0.2, 0) is 4.79 Å². The molecule has 5 heteroatoms. The first kappa shape index (κ1) is 12.2. The van der Waals surface area contributed by atoms with Gasteiger partial charge >= 0.3 is 0 Å². The van der Waals surface area contributed by atoms with E-state index in [1.165, 1.54) is 0 Å². The van der Waals surface area contributed by atoms with E-state index in [4.69, 9.17) is 0 Å². The summed E-state index contributed by atoms with van der Waals surface area (Å²) in [5, 5.41) is 4.07. The molecule has 0 aromatic carbocycles. The maximum absolute atomic E-state index is 11.8. The first-order valence-corrected chi connectivity index (χ1v) is 7.22. The standard InChI is InChI=1S/C11H21N3OS/c1-13-4-3-5-14(8-11(13)15)9-6-12-7-10(9)16-2/h9-10,12H,3-8H2,1-2H3. The third kappa shape index (κ3) is 2.52. The lowest BCUT2D eigenvalue weighted by Gasteiger charge is -2.29. The summed E-state index contributed by atoms with van der Waals surface area (Å²) < 4.78 is 0. The van der Waals surface area contributed by atoms with E-state index in [1.54, 1.807) is 0 Å². The minimum absolute atomic E-state index is 0.268. The maximum atomic E-state index is 11.8. The second-order valence-corrected chi connectivity index (χ2v) is 5.72. The van der Waals surface area contributed by atoms with Crippen molar-refractivity contribution in [2.45, 2.75) is 17.7 Å². The van der Waals surface area contributed by atoms with Crippen LogP contribution in [0.2, 0.25) is 0 Å². The number of carbonyl (C=O) groups is 1. The summed E-state index contributed by atoms with van der Waals surface area (Å²) in [6.07, 6.45) is 3.26. The van der Waals surface area contributed by atoms with Crippen molar-refractivity contribution in [1.82, 2.24) is 15.1 Å². The minimum Gasteiger partial charge on any atom is -0.345 e. The van der Waals surface area contributed by atoms with Crippen molar-refractivity contribution < 1.29 is 4.79 Å². The number of likely N-dealkylation sites (N-methyl/N-ethyl adjacent to an activating group) is 1. The average Bonchev–Trinajstić information content (AvgIpc) is 2.68. The van der Waals surface area contributed by atoms with Crippen LogP contribution in [0.1, 0.15) is 6.42 Å². The van der Waals surface area contributed by atoms with E-state index < -0.39 is 0 Å². The number of amides is 1. The molecule has 16 heavy (non-hydrogen) atoms. The van der Waals surface area contributed by atoms with Crippen molar-refractivity contribution in [3.8, 4) is 0 Å².